The normalized spacial score (nSPS) is 14.4. The van der Waals surface area contributed by atoms with Crippen molar-refractivity contribution in [2.75, 3.05) is 18.4 Å². The third-order valence-corrected chi connectivity index (χ3v) is 4.94. The van der Waals surface area contributed by atoms with Crippen molar-refractivity contribution in [3.63, 3.8) is 0 Å². The van der Waals surface area contributed by atoms with Gasteiger partial charge in [0.05, 0.1) is 42.3 Å². The number of anilines is 2. The predicted molar refractivity (Wildman–Crippen MR) is 105 cm³/mol. The van der Waals surface area contributed by atoms with Gasteiger partial charge in [-0.2, -0.15) is 20.7 Å². The van der Waals surface area contributed by atoms with Crippen molar-refractivity contribution in [1.82, 2.24) is 34.4 Å². The van der Waals surface area contributed by atoms with Crippen molar-refractivity contribution in [3.8, 4) is 23.4 Å². The van der Waals surface area contributed by atoms with Crippen LogP contribution in [0.15, 0.2) is 37.1 Å². The van der Waals surface area contributed by atoms with Crippen LogP contribution in [0.4, 0.5) is 11.6 Å². The lowest BCUT2D eigenvalue weighted by atomic mass is 9.86. The first-order chi connectivity index (χ1) is 14.5. The summed E-state index contributed by atoms with van der Waals surface area (Å²) in [7, 11) is 1.82. The third kappa shape index (κ3) is 3.56. The molecule has 11 nitrogen and oxygen atoms in total. The number of nitrogens with one attached hydrogen (secondary N) is 1. The molecule has 0 unspecified atom stereocenters. The highest BCUT2D eigenvalue weighted by molar-refractivity contribution is 5.79. The van der Waals surface area contributed by atoms with Crippen molar-refractivity contribution >= 4 is 17.5 Å². The van der Waals surface area contributed by atoms with Gasteiger partial charge >= 0.3 is 0 Å². The second kappa shape index (κ2) is 7.64. The molecule has 0 atom stereocenters. The largest absolute Gasteiger partial charge is 0.337 e. The summed E-state index contributed by atoms with van der Waals surface area (Å²) in [5, 5.41) is 29.6. The zero-order valence-electron chi connectivity index (χ0n) is 16.2. The monoisotopic (exact) mass is 402 g/mol. The lowest BCUT2D eigenvalue weighted by molar-refractivity contribution is -0.141. The maximum absolute atomic E-state index is 11.9. The molecular weight excluding hydrogens is 384 g/mol. The number of nitriles is 2. The summed E-state index contributed by atoms with van der Waals surface area (Å²) in [6, 6.07) is 5.82. The van der Waals surface area contributed by atoms with Gasteiger partial charge in [-0.05, 0) is 6.07 Å². The first kappa shape index (κ1) is 19.1. The molecule has 0 saturated carbocycles. The lowest BCUT2D eigenvalue weighted by Crippen LogP contribution is -2.64. The molecule has 150 valence electrons. The highest BCUT2D eigenvalue weighted by Gasteiger charge is 2.47. The fourth-order valence-corrected chi connectivity index (χ4v) is 3.41. The first-order valence-corrected chi connectivity index (χ1v) is 9.19. The van der Waals surface area contributed by atoms with Gasteiger partial charge in [-0.15, -0.1) is 0 Å². The maximum atomic E-state index is 11.9. The number of hydrogen-bond donors (Lipinski definition) is 1. The standard InChI is InChI=1S/C19H18N10O/c1-27-11-15(9-23-27)25-18-22-7-3-16(26-18)14-8-24-29(10-14)19(4-6-21)12-28(13-19)17(30)2-5-20/h3,7-11H,2,4,12-13H2,1H3,(H,22,25,26). The molecule has 1 aliphatic rings. The van der Waals surface area contributed by atoms with Crippen LogP contribution in [0.25, 0.3) is 11.3 Å². The highest BCUT2D eigenvalue weighted by Crippen LogP contribution is 2.33. The topological polar surface area (TPSA) is 141 Å². The molecule has 0 bridgehead atoms. The van der Waals surface area contributed by atoms with Crippen LogP contribution in [-0.4, -0.2) is 53.4 Å². The van der Waals surface area contributed by atoms with Gasteiger partial charge in [0.15, 0.2) is 0 Å². The van der Waals surface area contributed by atoms with Gasteiger partial charge < -0.3 is 10.2 Å². The molecule has 11 heteroatoms. The van der Waals surface area contributed by atoms with E-state index in [-0.39, 0.29) is 18.7 Å². The Bertz CT molecular complexity index is 1160. The molecule has 30 heavy (non-hydrogen) atoms. The lowest BCUT2D eigenvalue weighted by Gasteiger charge is -2.48. The van der Waals surface area contributed by atoms with Gasteiger partial charge in [0.25, 0.3) is 0 Å². The molecule has 1 aliphatic heterocycles. The van der Waals surface area contributed by atoms with Crippen LogP contribution in [0.3, 0.4) is 0 Å². The molecule has 1 amide bonds. The van der Waals surface area contributed by atoms with Crippen molar-refractivity contribution in [2.45, 2.75) is 18.4 Å². The second-order valence-corrected chi connectivity index (χ2v) is 7.11. The summed E-state index contributed by atoms with van der Waals surface area (Å²) in [5.41, 5.74) is 1.62. The highest BCUT2D eigenvalue weighted by atomic mass is 16.2. The third-order valence-electron chi connectivity index (χ3n) is 4.94. The van der Waals surface area contributed by atoms with E-state index < -0.39 is 5.54 Å². The number of aryl methyl sites for hydroxylation is 1. The maximum Gasteiger partial charge on any atom is 0.236 e. The van der Waals surface area contributed by atoms with Crippen molar-refractivity contribution < 1.29 is 4.79 Å². The summed E-state index contributed by atoms with van der Waals surface area (Å²) >= 11 is 0. The summed E-state index contributed by atoms with van der Waals surface area (Å²) in [4.78, 5) is 22.2. The molecule has 0 aliphatic carbocycles. The number of carbonyl (C=O) groups is 1. The quantitative estimate of drug-likeness (QED) is 0.648. The molecule has 1 fully saturated rings. The first-order valence-electron chi connectivity index (χ1n) is 9.19. The van der Waals surface area contributed by atoms with Crippen LogP contribution in [0, 0.1) is 22.7 Å². The fourth-order valence-electron chi connectivity index (χ4n) is 3.41. The Kier molecular flexibility index (Phi) is 4.86. The van der Waals surface area contributed by atoms with Crippen molar-refractivity contribution in [3.05, 3.63) is 37.1 Å². The minimum atomic E-state index is -0.595. The van der Waals surface area contributed by atoms with Crippen LogP contribution in [-0.2, 0) is 17.4 Å². The average molecular weight is 402 g/mol. The molecule has 3 aromatic heterocycles. The summed E-state index contributed by atoms with van der Waals surface area (Å²) < 4.78 is 3.40. The van der Waals surface area contributed by atoms with Crippen LogP contribution in [0.1, 0.15) is 12.8 Å². The van der Waals surface area contributed by atoms with Gasteiger partial charge in [-0.1, -0.05) is 0 Å². The van der Waals surface area contributed by atoms with Gasteiger partial charge in [-0.25, -0.2) is 9.97 Å². The second-order valence-electron chi connectivity index (χ2n) is 7.11. The molecule has 0 radical (unpaired) electrons. The number of likely N-dealkylation sites (tertiary alicyclic amines) is 1. The number of aromatic nitrogens is 6. The van der Waals surface area contributed by atoms with E-state index in [4.69, 9.17) is 5.26 Å². The van der Waals surface area contributed by atoms with Gasteiger partial charge in [-0.3, -0.25) is 14.2 Å². The average Bonchev–Trinajstić information content (AvgIpc) is 3.34. The number of hydrogen-bond acceptors (Lipinski definition) is 8. The molecule has 4 rings (SSSR count). The van der Waals surface area contributed by atoms with Crippen molar-refractivity contribution in [1.29, 1.82) is 10.5 Å². The van der Waals surface area contributed by atoms with E-state index in [0.717, 1.165) is 11.3 Å². The van der Waals surface area contributed by atoms with Crippen molar-refractivity contribution in [2.24, 2.45) is 7.05 Å². The molecule has 3 aromatic rings. The Balaban J connectivity index is 1.53. The van der Waals surface area contributed by atoms with Crippen LogP contribution >= 0.6 is 0 Å². The van der Waals surface area contributed by atoms with E-state index in [1.54, 1.807) is 38.9 Å². The number of rotatable bonds is 6. The van der Waals surface area contributed by atoms with Crippen LogP contribution in [0.5, 0.6) is 0 Å². The van der Waals surface area contributed by atoms with E-state index in [0.29, 0.717) is 24.7 Å². The zero-order valence-corrected chi connectivity index (χ0v) is 16.2. The van der Waals surface area contributed by atoms with Gasteiger partial charge in [0.2, 0.25) is 11.9 Å². The number of nitrogens with zero attached hydrogens (tertiary/aromatic N) is 9. The zero-order chi connectivity index (χ0) is 21.1. The van der Waals surface area contributed by atoms with Crippen LogP contribution in [0.2, 0.25) is 0 Å². The minimum absolute atomic E-state index is 0.166. The van der Waals surface area contributed by atoms with E-state index >= 15 is 0 Å². The Morgan fingerprint density at radius 1 is 1.23 bits per heavy atom. The van der Waals surface area contributed by atoms with E-state index in [1.165, 1.54) is 0 Å². The molecular formula is C19H18N10O. The number of amides is 1. The minimum Gasteiger partial charge on any atom is -0.337 e. The summed E-state index contributed by atoms with van der Waals surface area (Å²) in [5.74, 6) is 0.192. The summed E-state index contributed by atoms with van der Waals surface area (Å²) in [6.07, 6.45) is 8.68. The van der Waals surface area contributed by atoms with E-state index in [9.17, 15) is 10.1 Å². The van der Waals surface area contributed by atoms with E-state index in [1.807, 2.05) is 25.5 Å². The molecule has 1 saturated heterocycles. The number of carbonyl (C=O) groups excluding carboxylic acids is 1. The SMILES string of the molecule is Cn1cc(Nc2nccc(-c3cnn(C4(CC#N)CN(C(=O)CC#N)C4)c3)n2)cn1. The van der Waals surface area contributed by atoms with E-state index in [2.05, 4.69) is 31.6 Å². The smallest absolute Gasteiger partial charge is 0.236 e. The summed E-state index contributed by atoms with van der Waals surface area (Å²) in [6.45, 7) is 0.694. The molecule has 0 aromatic carbocycles. The Morgan fingerprint density at radius 3 is 2.77 bits per heavy atom. The molecule has 1 N–H and O–H groups in total. The molecule has 4 heterocycles. The Morgan fingerprint density at radius 2 is 2.07 bits per heavy atom. The predicted octanol–water partition coefficient (Wildman–Crippen LogP) is 1.18. The van der Waals surface area contributed by atoms with Gasteiger partial charge in [0.1, 0.15) is 12.0 Å². The Hall–Kier alpha value is -4.25. The fraction of sp³-hybridized carbons (Fsp3) is 0.316. The molecule has 0 spiro atoms. The van der Waals surface area contributed by atoms with Gasteiger partial charge in [0, 0.05) is 44.3 Å². The van der Waals surface area contributed by atoms with Crippen LogP contribution < -0.4 is 5.32 Å². The Labute approximate surface area is 172 Å².